The molecule has 3 aromatic rings. The first-order valence-corrected chi connectivity index (χ1v) is 9.28. The molecule has 1 saturated heterocycles. The number of aromatic nitrogens is 4. The second-order valence-electron chi connectivity index (χ2n) is 6.97. The highest BCUT2D eigenvalue weighted by molar-refractivity contribution is 5.79. The first kappa shape index (κ1) is 19.2. The van der Waals surface area contributed by atoms with Gasteiger partial charge in [0.05, 0.1) is 5.92 Å². The maximum Gasteiger partial charge on any atom is 0.453 e. The van der Waals surface area contributed by atoms with Gasteiger partial charge in [0.25, 0.3) is 5.82 Å². The molecule has 0 aliphatic carbocycles. The van der Waals surface area contributed by atoms with Crippen molar-refractivity contribution in [2.24, 2.45) is 5.92 Å². The van der Waals surface area contributed by atoms with Crippen LogP contribution in [0.4, 0.5) is 19.0 Å². The van der Waals surface area contributed by atoms with Gasteiger partial charge in [-0.1, -0.05) is 30.3 Å². The molecule has 0 saturated carbocycles. The molecule has 1 aliphatic heterocycles. The fourth-order valence-electron chi connectivity index (χ4n) is 3.45. The zero-order valence-electron chi connectivity index (χ0n) is 15.4. The molecule has 2 aromatic heterocycles. The Morgan fingerprint density at radius 3 is 2.69 bits per heavy atom. The third-order valence-electron chi connectivity index (χ3n) is 4.93. The second kappa shape index (κ2) is 7.69. The van der Waals surface area contributed by atoms with Crippen molar-refractivity contribution < 1.29 is 18.0 Å². The van der Waals surface area contributed by atoms with Crippen molar-refractivity contribution in [1.29, 1.82) is 0 Å². The van der Waals surface area contributed by atoms with E-state index >= 15 is 0 Å². The molecule has 1 aliphatic rings. The van der Waals surface area contributed by atoms with Gasteiger partial charge < -0.3 is 10.2 Å². The normalized spacial score (nSPS) is 17.5. The van der Waals surface area contributed by atoms with E-state index in [1.807, 2.05) is 35.2 Å². The zero-order valence-corrected chi connectivity index (χ0v) is 15.4. The summed E-state index contributed by atoms with van der Waals surface area (Å²) in [5.74, 6) is -1.13. The van der Waals surface area contributed by atoms with Gasteiger partial charge in [0.2, 0.25) is 5.91 Å². The number of amides is 1. The molecule has 0 spiro atoms. The summed E-state index contributed by atoms with van der Waals surface area (Å²) in [7, 11) is 0. The lowest BCUT2D eigenvalue weighted by molar-refractivity contribution is -0.146. The number of piperidine rings is 1. The Kier molecular flexibility index (Phi) is 5.08. The molecule has 4 rings (SSSR count). The van der Waals surface area contributed by atoms with E-state index in [9.17, 15) is 18.0 Å². The summed E-state index contributed by atoms with van der Waals surface area (Å²) in [5, 5.41) is 13.7. The Hall–Kier alpha value is -3.17. The predicted octanol–water partition coefficient (Wildman–Crippen LogP) is 2.68. The van der Waals surface area contributed by atoms with E-state index in [0.717, 1.165) is 18.4 Å². The van der Waals surface area contributed by atoms with Crippen LogP contribution in [-0.4, -0.2) is 38.8 Å². The van der Waals surface area contributed by atoms with Gasteiger partial charge >= 0.3 is 6.18 Å². The number of hydrogen-bond acceptors (Lipinski definition) is 5. The highest BCUT2D eigenvalue weighted by Crippen LogP contribution is 2.28. The summed E-state index contributed by atoms with van der Waals surface area (Å²) in [6.07, 6.45) is -3.18. The summed E-state index contributed by atoms with van der Waals surface area (Å²) in [5.41, 5.74) is 1.03. The lowest BCUT2D eigenvalue weighted by atomic mass is 9.97. The van der Waals surface area contributed by atoms with Crippen LogP contribution in [0.25, 0.3) is 5.65 Å². The molecule has 1 unspecified atom stereocenters. The van der Waals surface area contributed by atoms with Crippen LogP contribution in [0.2, 0.25) is 0 Å². The minimum absolute atomic E-state index is 0.0234. The molecule has 152 valence electrons. The average molecular weight is 404 g/mol. The minimum Gasteiger partial charge on any atom is -0.354 e. The van der Waals surface area contributed by atoms with E-state index in [-0.39, 0.29) is 17.5 Å². The quantitative estimate of drug-likeness (QED) is 0.724. The fourth-order valence-corrected chi connectivity index (χ4v) is 3.45. The monoisotopic (exact) mass is 404 g/mol. The fraction of sp³-hybridized carbons (Fsp3) is 0.368. The molecule has 0 bridgehead atoms. The minimum atomic E-state index is -4.65. The Balaban J connectivity index is 1.47. The van der Waals surface area contributed by atoms with Crippen LogP contribution in [0.15, 0.2) is 42.5 Å². The summed E-state index contributed by atoms with van der Waals surface area (Å²) in [6, 6.07) is 12.7. The maximum absolute atomic E-state index is 13.1. The Labute approximate surface area is 164 Å². The van der Waals surface area contributed by atoms with Gasteiger partial charge in [0, 0.05) is 19.6 Å². The molecular formula is C19H19F3N6O. The number of alkyl halides is 3. The van der Waals surface area contributed by atoms with Gasteiger partial charge in [-0.2, -0.15) is 17.7 Å². The van der Waals surface area contributed by atoms with Gasteiger partial charge in [-0.05, 0) is 30.5 Å². The molecule has 1 aromatic carbocycles. The van der Waals surface area contributed by atoms with E-state index < -0.39 is 12.0 Å². The number of nitrogens with zero attached hydrogens (tertiary/aromatic N) is 5. The molecule has 3 heterocycles. The average Bonchev–Trinajstić information content (AvgIpc) is 3.16. The van der Waals surface area contributed by atoms with Crippen LogP contribution in [-0.2, 0) is 17.5 Å². The van der Waals surface area contributed by atoms with Crippen LogP contribution in [0.5, 0.6) is 0 Å². The lowest BCUT2D eigenvalue weighted by Crippen LogP contribution is -2.43. The number of benzene rings is 1. The number of hydrogen-bond donors (Lipinski definition) is 1. The Morgan fingerprint density at radius 1 is 1.14 bits per heavy atom. The summed E-state index contributed by atoms with van der Waals surface area (Å²) in [6.45, 7) is 1.45. The summed E-state index contributed by atoms with van der Waals surface area (Å²) >= 11 is 0. The van der Waals surface area contributed by atoms with Crippen molar-refractivity contribution >= 4 is 17.4 Å². The Bertz CT molecular complexity index is 1000. The van der Waals surface area contributed by atoms with E-state index in [1.54, 1.807) is 6.07 Å². The van der Waals surface area contributed by atoms with Gasteiger partial charge in [-0.25, -0.2) is 0 Å². The largest absolute Gasteiger partial charge is 0.453 e. The molecular weight excluding hydrogens is 385 g/mol. The number of anilines is 1. The molecule has 29 heavy (non-hydrogen) atoms. The van der Waals surface area contributed by atoms with Crippen LogP contribution in [0, 0.1) is 5.92 Å². The summed E-state index contributed by atoms with van der Waals surface area (Å²) in [4.78, 5) is 14.4. The van der Waals surface area contributed by atoms with Gasteiger partial charge in [0.1, 0.15) is 5.82 Å². The number of carbonyl (C=O) groups is 1. The first-order chi connectivity index (χ1) is 13.9. The van der Waals surface area contributed by atoms with Gasteiger partial charge in [-0.3, -0.25) is 4.79 Å². The Morgan fingerprint density at radius 2 is 1.93 bits per heavy atom. The van der Waals surface area contributed by atoms with Crippen molar-refractivity contribution in [3.05, 3.63) is 53.9 Å². The molecule has 1 fully saturated rings. The van der Waals surface area contributed by atoms with Crippen LogP contribution in [0.3, 0.4) is 0 Å². The highest BCUT2D eigenvalue weighted by atomic mass is 19.4. The van der Waals surface area contributed by atoms with Gasteiger partial charge in [0.15, 0.2) is 5.65 Å². The number of halogens is 3. The zero-order chi connectivity index (χ0) is 20.4. The maximum atomic E-state index is 13.1. The van der Waals surface area contributed by atoms with Crippen molar-refractivity contribution in [3.63, 3.8) is 0 Å². The molecule has 10 heteroatoms. The molecule has 1 amide bonds. The van der Waals surface area contributed by atoms with Crippen LogP contribution < -0.4 is 10.2 Å². The third-order valence-corrected chi connectivity index (χ3v) is 4.93. The van der Waals surface area contributed by atoms with E-state index in [2.05, 4.69) is 20.6 Å². The topological polar surface area (TPSA) is 75.4 Å². The van der Waals surface area contributed by atoms with Crippen LogP contribution in [0.1, 0.15) is 24.2 Å². The standard InChI is InChI=1S/C19H19F3N6O/c20-19(21,22)18-25-24-15-8-9-16(26-28(15)18)27-10-4-7-14(12-27)17(29)23-11-13-5-2-1-3-6-13/h1-3,5-6,8-9,14H,4,7,10-12H2,(H,23,29). The van der Waals surface area contributed by atoms with E-state index in [1.165, 1.54) is 6.07 Å². The third kappa shape index (κ3) is 4.15. The van der Waals surface area contributed by atoms with E-state index in [4.69, 9.17) is 0 Å². The van der Waals surface area contributed by atoms with Crippen molar-refractivity contribution in [3.8, 4) is 0 Å². The van der Waals surface area contributed by atoms with Crippen molar-refractivity contribution in [2.75, 3.05) is 18.0 Å². The number of nitrogens with one attached hydrogen (secondary N) is 1. The van der Waals surface area contributed by atoms with Crippen molar-refractivity contribution in [2.45, 2.75) is 25.6 Å². The molecule has 1 atom stereocenters. The summed E-state index contributed by atoms with van der Waals surface area (Å²) < 4.78 is 40.0. The lowest BCUT2D eigenvalue weighted by Gasteiger charge is -2.32. The highest BCUT2D eigenvalue weighted by Gasteiger charge is 2.38. The second-order valence-corrected chi connectivity index (χ2v) is 6.97. The van der Waals surface area contributed by atoms with Crippen molar-refractivity contribution in [1.82, 2.24) is 25.1 Å². The number of fused-ring (bicyclic) bond motifs is 1. The molecule has 1 N–H and O–H groups in total. The van der Waals surface area contributed by atoms with Gasteiger partial charge in [-0.15, -0.1) is 15.3 Å². The predicted molar refractivity (Wildman–Crippen MR) is 99.0 cm³/mol. The smallest absolute Gasteiger partial charge is 0.354 e. The molecule has 0 radical (unpaired) electrons. The molecule has 7 nitrogen and oxygen atoms in total. The van der Waals surface area contributed by atoms with E-state index in [0.29, 0.717) is 30.0 Å². The number of rotatable bonds is 4. The number of carbonyl (C=O) groups excluding carboxylic acids is 1. The SMILES string of the molecule is O=C(NCc1ccccc1)C1CCCN(c2ccc3nnc(C(F)(F)F)n3n2)C1. The van der Waals surface area contributed by atoms with Crippen LogP contribution >= 0.6 is 0 Å². The first-order valence-electron chi connectivity index (χ1n) is 9.28.